The minimum absolute atomic E-state index is 0.0841. The van der Waals surface area contributed by atoms with Crippen LogP contribution in [0.15, 0.2) is 48.5 Å². The summed E-state index contributed by atoms with van der Waals surface area (Å²) in [5.41, 5.74) is 3.55. The van der Waals surface area contributed by atoms with E-state index in [-0.39, 0.29) is 18.0 Å². The van der Waals surface area contributed by atoms with Gasteiger partial charge in [0.15, 0.2) is 23.0 Å². The first kappa shape index (κ1) is 42.6. The van der Waals surface area contributed by atoms with Crippen molar-refractivity contribution in [2.45, 2.75) is 117 Å². The number of fused-ring (bicyclic) bond motifs is 1. The Balaban J connectivity index is 1.76. The Labute approximate surface area is 325 Å². The third-order valence-corrected chi connectivity index (χ3v) is 11.5. The van der Waals surface area contributed by atoms with Gasteiger partial charge in [-0.2, -0.15) is 5.26 Å². The maximum Gasteiger partial charge on any atom is 0.207 e. The van der Waals surface area contributed by atoms with Gasteiger partial charge in [-0.1, -0.05) is 90.8 Å². The van der Waals surface area contributed by atoms with Gasteiger partial charge in [-0.15, -0.1) is 0 Å². The zero-order valence-corrected chi connectivity index (χ0v) is 34.7. The number of nitrogens with one attached hydrogen (secondary N) is 1. The predicted octanol–water partition coefficient (Wildman–Crippen LogP) is 10.6. The highest BCUT2D eigenvalue weighted by Gasteiger charge is 2.40. The van der Waals surface area contributed by atoms with Crippen LogP contribution in [-0.4, -0.2) is 47.7 Å². The number of nitrogens with zero attached hydrogens (tertiary/aromatic N) is 1. The van der Waals surface area contributed by atoms with Gasteiger partial charge in [-0.25, -0.2) is 0 Å². The van der Waals surface area contributed by atoms with Crippen molar-refractivity contribution in [1.82, 2.24) is 5.32 Å². The normalized spacial score (nSPS) is 16.9. The van der Waals surface area contributed by atoms with Crippen LogP contribution in [0, 0.1) is 29.1 Å². The van der Waals surface area contributed by atoms with E-state index in [1.807, 2.05) is 18.2 Å². The predicted molar refractivity (Wildman–Crippen MR) is 218 cm³/mol. The van der Waals surface area contributed by atoms with Crippen LogP contribution in [0.2, 0.25) is 0 Å². The molecular weight excluding hydrogens is 677 g/mol. The molecule has 2 unspecified atom stereocenters. The molecule has 0 aliphatic carbocycles. The van der Waals surface area contributed by atoms with Crippen LogP contribution >= 0.6 is 0 Å². The van der Waals surface area contributed by atoms with Gasteiger partial charge >= 0.3 is 0 Å². The van der Waals surface area contributed by atoms with Gasteiger partial charge in [-0.05, 0) is 86.0 Å². The van der Waals surface area contributed by atoms with E-state index >= 15 is 0 Å². The minimum Gasteiger partial charge on any atom is -0.493 e. The molecule has 3 aromatic carbocycles. The molecule has 0 amide bonds. The van der Waals surface area contributed by atoms with Crippen molar-refractivity contribution in [2.75, 3.05) is 41.7 Å². The summed E-state index contributed by atoms with van der Waals surface area (Å²) in [5, 5.41) is 14.8. The molecule has 0 fully saturated rings. The van der Waals surface area contributed by atoms with Gasteiger partial charge in [0.05, 0.1) is 59.2 Å². The van der Waals surface area contributed by atoms with Crippen molar-refractivity contribution >= 4 is 0 Å². The molecule has 8 heteroatoms. The van der Waals surface area contributed by atoms with Gasteiger partial charge < -0.3 is 33.7 Å². The molecule has 0 aromatic heterocycles. The van der Waals surface area contributed by atoms with Crippen molar-refractivity contribution < 1.29 is 28.4 Å². The average Bonchev–Trinajstić information content (AvgIpc) is 3.19. The van der Waals surface area contributed by atoms with Crippen molar-refractivity contribution in [1.29, 1.82) is 5.26 Å². The summed E-state index contributed by atoms with van der Waals surface area (Å²) >= 11 is 0. The Bertz CT molecular complexity index is 1650. The minimum atomic E-state index is -0.691. The lowest BCUT2D eigenvalue weighted by atomic mass is 9.69. The van der Waals surface area contributed by atoms with Crippen LogP contribution in [0.1, 0.15) is 121 Å². The van der Waals surface area contributed by atoms with Gasteiger partial charge in [0, 0.05) is 17.2 Å². The van der Waals surface area contributed by atoms with E-state index in [0.717, 1.165) is 85.1 Å². The molecule has 3 aromatic rings. The maximum atomic E-state index is 10.8. The second-order valence-electron chi connectivity index (χ2n) is 15.5. The molecule has 1 aliphatic rings. The number of ether oxygens (including phenoxy) is 6. The van der Waals surface area contributed by atoms with Crippen LogP contribution < -0.4 is 33.7 Å². The zero-order chi connectivity index (χ0) is 39.3. The van der Waals surface area contributed by atoms with Gasteiger partial charge in [-0.3, -0.25) is 0 Å². The third-order valence-electron chi connectivity index (χ3n) is 11.5. The van der Waals surface area contributed by atoms with Crippen molar-refractivity contribution in [3.05, 3.63) is 70.8 Å². The van der Waals surface area contributed by atoms with Crippen LogP contribution in [-0.2, 0) is 11.8 Å². The Hall–Kier alpha value is -4.09. The fourth-order valence-corrected chi connectivity index (χ4v) is 7.81. The van der Waals surface area contributed by atoms with Gasteiger partial charge in [0.2, 0.25) is 11.5 Å². The first-order valence-corrected chi connectivity index (χ1v) is 20.1. The molecule has 296 valence electrons. The maximum absolute atomic E-state index is 10.8. The van der Waals surface area contributed by atoms with E-state index in [2.05, 4.69) is 83.3 Å². The lowest BCUT2D eigenvalue weighted by Gasteiger charge is -2.38. The topological polar surface area (TPSA) is 91.2 Å². The zero-order valence-electron chi connectivity index (χ0n) is 34.7. The second kappa shape index (κ2) is 20.6. The van der Waals surface area contributed by atoms with E-state index < -0.39 is 5.41 Å². The monoisotopic (exact) mass is 742 g/mol. The first-order chi connectivity index (χ1) is 26.1. The summed E-state index contributed by atoms with van der Waals surface area (Å²) in [4.78, 5) is 0. The summed E-state index contributed by atoms with van der Waals surface area (Å²) in [6, 6.07) is 19.1. The highest BCUT2D eigenvalue weighted by atomic mass is 16.5. The standard InChI is InChI=1S/C46H66N2O6/c1-11-12-16-26-53-42-37-29-36(22-17-25-46(30-47,32(4)5)35-23-24-38(49-7)39(28-35)50-8)48-41(34-20-14-13-15-21-34)40(37)43(45(52-10)44(42)51-9)54-27-18-19-33(6)31(2)3/h13-15,20-21,23-24,28,31-33,36,41,48H,11-12,16-19,22,25-27,29H2,1-10H3/t33-,36-,41?,46?/m1/s1. The van der Waals surface area contributed by atoms with E-state index in [9.17, 15) is 5.26 Å². The molecule has 8 nitrogen and oxygen atoms in total. The number of hydrogen-bond donors (Lipinski definition) is 1. The molecular formula is C46H66N2O6. The summed E-state index contributed by atoms with van der Waals surface area (Å²) in [6.45, 7) is 14.5. The van der Waals surface area contributed by atoms with Crippen molar-refractivity contribution in [2.24, 2.45) is 17.8 Å². The summed E-state index contributed by atoms with van der Waals surface area (Å²) in [7, 11) is 6.64. The molecule has 0 radical (unpaired) electrons. The quantitative estimate of drug-likeness (QED) is 0.102. The largest absolute Gasteiger partial charge is 0.493 e. The summed E-state index contributed by atoms with van der Waals surface area (Å²) in [6.07, 6.45) is 8.30. The first-order valence-electron chi connectivity index (χ1n) is 20.1. The number of methoxy groups -OCH3 is 4. The Morgan fingerprint density at radius 3 is 2.06 bits per heavy atom. The number of nitriles is 1. The van der Waals surface area contributed by atoms with Crippen molar-refractivity contribution in [3.63, 3.8) is 0 Å². The van der Waals surface area contributed by atoms with E-state index in [1.165, 1.54) is 0 Å². The fourth-order valence-electron chi connectivity index (χ4n) is 7.81. The Kier molecular flexibility index (Phi) is 16.2. The molecule has 0 saturated carbocycles. The molecule has 0 spiro atoms. The summed E-state index contributed by atoms with van der Waals surface area (Å²) in [5.74, 6) is 5.23. The highest BCUT2D eigenvalue weighted by molar-refractivity contribution is 5.69. The van der Waals surface area contributed by atoms with E-state index in [0.29, 0.717) is 54.5 Å². The second-order valence-corrected chi connectivity index (χ2v) is 15.5. The van der Waals surface area contributed by atoms with Crippen LogP contribution in [0.5, 0.6) is 34.5 Å². The third kappa shape index (κ3) is 9.76. The number of benzene rings is 3. The molecule has 1 heterocycles. The Morgan fingerprint density at radius 1 is 0.778 bits per heavy atom. The van der Waals surface area contributed by atoms with Crippen LogP contribution in [0.3, 0.4) is 0 Å². The lowest BCUT2D eigenvalue weighted by Crippen LogP contribution is -2.41. The lowest BCUT2D eigenvalue weighted by molar-refractivity contribution is 0.240. The molecule has 1 N–H and O–H groups in total. The number of unbranched alkanes of at least 4 members (excludes halogenated alkanes) is 2. The van der Waals surface area contributed by atoms with Gasteiger partial charge in [0.25, 0.3) is 0 Å². The molecule has 4 atom stereocenters. The fraction of sp³-hybridized carbons (Fsp3) is 0.587. The van der Waals surface area contributed by atoms with Crippen LogP contribution in [0.4, 0.5) is 0 Å². The molecule has 1 aliphatic heterocycles. The number of rotatable bonds is 22. The van der Waals surface area contributed by atoms with E-state index in [4.69, 9.17) is 28.4 Å². The average molecular weight is 743 g/mol. The van der Waals surface area contributed by atoms with Crippen LogP contribution in [0.25, 0.3) is 0 Å². The SMILES string of the molecule is CCCCCOc1c2c(c(OCCC[C@@H](C)C(C)C)c(OC)c1OC)C(c1ccccc1)N[C@H](CCCC(C#N)(c1ccc(OC)c(OC)c1)C(C)C)C2. The Morgan fingerprint density at radius 2 is 1.44 bits per heavy atom. The molecule has 0 bridgehead atoms. The smallest absolute Gasteiger partial charge is 0.207 e. The van der Waals surface area contributed by atoms with Crippen molar-refractivity contribution in [3.8, 4) is 40.6 Å². The number of hydrogen-bond acceptors (Lipinski definition) is 8. The highest BCUT2D eigenvalue weighted by Crippen LogP contribution is 2.54. The van der Waals surface area contributed by atoms with E-state index in [1.54, 1.807) is 28.4 Å². The summed E-state index contributed by atoms with van der Waals surface area (Å²) < 4.78 is 36.9. The molecule has 0 saturated heterocycles. The molecule has 54 heavy (non-hydrogen) atoms. The molecule has 4 rings (SSSR count). The van der Waals surface area contributed by atoms with Gasteiger partial charge in [0.1, 0.15) is 0 Å².